The Bertz CT molecular complexity index is 398. The lowest BCUT2D eigenvalue weighted by Crippen LogP contribution is -2.61. The molecule has 2 atom stereocenters. The van der Waals surface area contributed by atoms with Gasteiger partial charge in [0.05, 0.1) is 10.8 Å². The minimum Gasteiger partial charge on any atom is -0.481 e. The van der Waals surface area contributed by atoms with Gasteiger partial charge in [0.25, 0.3) is 0 Å². The highest BCUT2D eigenvalue weighted by molar-refractivity contribution is 5.81. The number of rotatable bonds is 3. The third kappa shape index (κ3) is 1.32. The quantitative estimate of drug-likeness (QED) is 0.809. The molecule has 4 heteroatoms. The van der Waals surface area contributed by atoms with E-state index in [0.717, 1.165) is 12.8 Å². The van der Waals surface area contributed by atoms with E-state index >= 15 is 0 Å². The zero-order valence-corrected chi connectivity index (χ0v) is 10.7. The molecule has 0 saturated heterocycles. The molecule has 4 saturated carbocycles. The topological polar surface area (TPSA) is 74.6 Å². The standard InChI is InChI=1S/C14H20O4/c1-2-12-3-9-4-13(6-12,10(15)16)8-14(5-9,7-12)11(17)18/h9H,2-8H2,1H3,(H,15,16)(H,17,18)/t9?,12?,13-,14-/m1/s1. The molecule has 100 valence electrons. The molecule has 2 N–H and O–H groups in total. The van der Waals surface area contributed by atoms with Crippen LogP contribution in [0.5, 0.6) is 0 Å². The van der Waals surface area contributed by atoms with Gasteiger partial charge in [0, 0.05) is 0 Å². The highest BCUT2D eigenvalue weighted by Gasteiger charge is 2.67. The molecule has 4 bridgehead atoms. The van der Waals surface area contributed by atoms with Gasteiger partial charge in [0.1, 0.15) is 0 Å². The van der Waals surface area contributed by atoms with Gasteiger partial charge in [0.2, 0.25) is 0 Å². The molecule has 0 aromatic rings. The number of hydrogen-bond acceptors (Lipinski definition) is 2. The van der Waals surface area contributed by atoms with E-state index in [-0.39, 0.29) is 5.41 Å². The summed E-state index contributed by atoms with van der Waals surface area (Å²) in [5.41, 5.74) is -1.54. The average Bonchev–Trinajstić information content (AvgIpc) is 2.27. The molecule has 0 spiro atoms. The molecule has 4 aliphatic carbocycles. The van der Waals surface area contributed by atoms with Crippen LogP contribution in [0.4, 0.5) is 0 Å². The van der Waals surface area contributed by atoms with Crippen molar-refractivity contribution in [3.8, 4) is 0 Å². The molecule has 4 nitrogen and oxygen atoms in total. The van der Waals surface area contributed by atoms with Crippen molar-refractivity contribution in [3.63, 3.8) is 0 Å². The van der Waals surface area contributed by atoms with Crippen LogP contribution in [0, 0.1) is 22.2 Å². The summed E-state index contributed by atoms with van der Waals surface area (Å²) in [6.07, 6.45) is 5.07. The highest BCUT2D eigenvalue weighted by atomic mass is 16.4. The van der Waals surface area contributed by atoms with Gasteiger partial charge in [-0.05, 0) is 49.9 Å². The number of aliphatic carboxylic acids is 2. The smallest absolute Gasteiger partial charge is 0.309 e. The van der Waals surface area contributed by atoms with Gasteiger partial charge in [-0.1, -0.05) is 13.3 Å². The molecule has 4 fully saturated rings. The number of carboxylic acids is 2. The van der Waals surface area contributed by atoms with Crippen LogP contribution < -0.4 is 0 Å². The second kappa shape index (κ2) is 3.28. The predicted molar refractivity (Wildman–Crippen MR) is 64.1 cm³/mol. The first-order valence-electron chi connectivity index (χ1n) is 6.82. The molecule has 0 unspecified atom stereocenters. The van der Waals surface area contributed by atoms with Crippen molar-refractivity contribution < 1.29 is 19.8 Å². The van der Waals surface area contributed by atoms with Crippen LogP contribution >= 0.6 is 0 Å². The predicted octanol–water partition coefficient (Wildman–Crippen LogP) is 2.52. The minimum atomic E-state index is -0.768. The van der Waals surface area contributed by atoms with Crippen LogP contribution in [-0.2, 0) is 9.59 Å². The summed E-state index contributed by atoms with van der Waals surface area (Å²) in [7, 11) is 0. The molecule has 0 aromatic heterocycles. The van der Waals surface area contributed by atoms with Gasteiger partial charge in [-0.25, -0.2) is 0 Å². The first-order valence-corrected chi connectivity index (χ1v) is 6.82. The lowest BCUT2D eigenvalue weighted by molar-refractivity contribution is -0.202. The van der Waals surface area contributed by atoms with Gasteiger partial charge in [-0.15, -0.1) is 0 Å². The van der Waals surface area contributed by atoms with Crippen molar-refractivity contribution in [1.82, 2.24) is 0 Å². The monoisotopic (exact) mass is 252 g/mol. The number of carboxylic acid groups (broad SMARTS) is 2. The highest BCUT2D eigenvalue weighted by Crippen LogP contribution is 2.70. The maximum absolute atomic E-state index is 11.7. The summed E-state index contributed by atoms with van der Waals surface area (Å²) >= 11 is 0. The second-order valence-electron chi connectivity index (χ2n) is 7.03. The summed E-state index contributed by atoms with van der Waals surface area (Å²) < 4.78 is 0. The van der Waals surface area contributed by atoms with Crippen molar-refractivity contribution >= 4 is 11.9 Å². The fourth-order valence-corrected chi connectivity index (χ4v) is 5.51. The van der Waals surface area contributed by atoms with Crippen LogP contribution in [0.15, 0.2) is 0 Å². The third-order valence-electron chi connectivity index (χ3n) is 5.84. The maximum Gasteiger partial charge on any atom is 0.309 e. The Labute approximate surface area is 106 Å². The molecule has 4 rings (SSSR count). The van der Waals surface area contributed by atoms with Crippen LogP contribution in [0.2, 0.25) is 0 Å². The van der Waals surface area contributed by atoms with Crippen molar-refractivity contribution in [2.24, 2.45) is 22.2 Å². The third-order valence-corrected chi connectivity index (χ3v) is 5.84. The molecule has 0 aromatic carbocycles. The molecule has 4 aliphatic rings. The molecule has 18 heavy (non-hydrogen) atoms. The molecule has 0 aliphatic heterocycles. The summed E-state index contributed by atoms with van der Waals surface area (Å²) in [6.45, 7) is 2.08. The molecular weight excluding hydrogens is 232 g/mol. The Morgan fingerprint density at radius 2 is 1.50 bits per heavy atom. The minimum absolute atomic E-state index is 0.0316. The van der Waals surface area contributed by atoms with Crippen LogP contribution in [0.1, 0.15) is 51.9 Å². The lowest BCUT2D eigenvalue weighted by Gasteiger charge is -2.63. The van der Waals surface area contributed by atoms with E-state index in [0.29, 0.717) is 38.0 Å². The Kier molecular flexibility index (Phi) is 2.19. The number of hydrogen-bond donors (Lipinski definition) is 2. The van der Waals surface area contributed by atoms with Crippen molar-refractivity contribution in [3.05, 3.63) is 0 Å². The Balaban J connectivity index is 2.09. The fraction of sp³-hybridized carbons (Fsp3) is 0.857. The van der Waals surface area contributed by atoms with E-state index in [9.17, 15) is 19.8 Å². The van der Waals surface area contributed by atoms with E-state index in [4.69, 9.17) is 0 Å². The maximum atomic E-state index is 11.7. The van der Waals surface area contributed by atoms with Gasteiger partial charge in [-0.2, -0.15) is 0 Å². The lowest BCUT2D eigenvalue weighted by atomic mass is 9.39. The summed E-state index contributed by atoms with van der Waals surface area (Å²) in [5, 5.41) is 19.2. The fourth-order valence-electron chi connectivity index (χ4n) is 5.51. The average molecular weight is 252 g/mol. The molecule has 0 radical (unpaired) electrons. The molecule has 0 heterocycles. The van der Waals surface area contributed by atoms with Crippen LogP contribution in [0.3, 0.4) is 0 Å². The largest absolute Gasteiger partial charge is 0.481 e. The van der Waals surface area contributed by atoms with Crippen molar-refractivity contribution in [2.75, 3.05) is 0 Å². The zero-order valence-electron chi connectivity index (χ0n) is 10.7. The summed E-state index contributed by atoms with van der Waals surface area (Å²) in [5.74, 6) is -1.24. The Hall–Kier alpha value is -1.06. The van der Waals surface area contributed by atoms with Crippen LogP contribution in [0.25, 0.3) is 0 Å². The SMILES string of the molecule is CCC12CC3C[C@@](C(=O)O)(C1)C[C@@](C(=O)O)(C3)C2. The van der Waals surface area contributed by atoms with E-state index in [1.807, 2.05) is 0 Å². The van der Waals surface area contributed by atoms with Gasteiger partial charge in [0.15, 0.2) is 0 Å². The number of carbonyl (C=O) groups is 2. The van der Waals surface area contributed by atoms with E-state index in [1.54, 1.807) is 0 Å². The zero-order chi connectivity index (χ0) is 13.2. The van der Waals surface area contributed by atoms with Gasteiger partial charge >= 0.3 is 11.9 Å². The van der Waals surface area contributed by atoms with Gasteiger partial charge < -0.3 is 10.2 Å². The molecule has 0 amide bonds. The Morgan fingerprint density at radius 1 is 1.00 bits per heavy atom. The van der Waals surface area contributed by atoms with Crippen molar-refractivity contribution in [2.45, 2.75) is 51.9 Å². The molecular formula is C14H20O4. The normalized spacial score (nSPS) is 49.3. The summed E-state index contributed by atoms with van der Waals surface area (Å²) in [6, 6.07) is 0. The van der Waals surface area contributed by atoms with E-state index < -0.39 is 22.8 Å². The Morgan fingerprint density at radius 3 is 1.89 bits per heavy atom. The van der Waals surface area contributed by atoms with E-state index in [2.05, 4.69) is 6.92 Å². The van der Waals surface area contributed by atoms with E-state index in [1.165, 1.54) is 0 Å². The van der Waals surface area contributed by atoms with Crippen molar-refractivity contribution in [1.29, 1.82) is 0 Å². The second-order valence-corrected chi connectivity index (χ2v) is 7.03. The first-order chi connectivity index (χ1) is 8.35. The first kappa shape index (κ1) is 12.0. The van der Waals surface area contributed by atoms with Gasteiger partial charge in [-0.3, -0.25) is 9.59 Å². The summed E-state index contributed by atoms with van der Waals surface area (Å²) in [4.78, 5) is 23.4. The van der Waals surface area contributed by atoms with Crippen LogP contribution in [-0.4, -0.2) is 22.2 Å².